The maximum absolute atomic E-state index is 10.3. The van der Waals surface area contributed by atoms with E-state index in [2.05, 4.69) is 0 Å². The van der Waals surface area contributed by atoms with Crippen LogP contribution in [0.1, 0.15) is 32.4 Å². The van der Waals surface area contributed by atoms with Crippen molar-refractivity contribution in [2.45, 2.75) is 39.0 Å². The van der Waals surface area contributed by atoms with E-state index in [-0.39, 0.29) is 6.04 Å². The molecule has 2 N–H and O–H groups in total. The molecule has 5 heteroatoms. The maximum atomic E-state index is 10.3. The molecule has 0 radical (unpaired) electrons. The fraction of sp³-hybridized carbons (Fsp3) is 0.571. The number of hydrogen-bond acceptors (Lipinski definition) is 3. The number of rotatable bonds is 6. The Morgan fingerprint density at radius 1 is 1.11 bits per heavy atom. The summed E-state index contributed by atoms with van der Waals surface area (Å²) >= 11 is 11.9. The van der Waals surface area contributed by atoms with E-state index < -0.39 is 12.2 Å². The van der Waals surface area contributed by atoms with Gasteiger partial charge in [0.15, 0.2) is 0 Å². The Morgan fingerprint density at radius 2 is 1.74 bits per heavy atom. The zero-order valence-corrected chi connectivity index (χ0v) is 13.0. The van der Waals surface area contributed by atoms with Crippen molar-refractivity contribution in [3.8, 4) is 0 Å². The standard InChI is InChI=1S/C14H21Cl2NO2/c1-9(2)17(7-10(3)18)8-14(19)12-5-4-11(15)6-13(12)16/h4-6,9-10,14,18-19H,7-8H2,1-3H3. The number of aliphatic hydroxyl groups is 2. The number of halogens is 2. The summed E-state index contributed by atoms with van der Waals surface area (Å²) in [5, 5.41) is 20.8. The van der Waals surface area contributed by atoms with E-state index in [0.717, 1.165) is 0 Å². The lowest BCUT2D eigenvalue weighted by Gasteiger charge is -2.30. The van der Waals surface area contributed by atoms with Crippen molar-refractivity contribution in [2.75, 3.05) is 13.1 Å². The molecule has 0 saturated heterocycles. The molecule has 0 bridgehead atoms. The summed E-state index contributed by atoms with van der Waals surface area (Å²) in [4.78, 5) is 2.01. The predicted octanol–water partition coefficient (Wildman–Crippen LogP) is 3.12. The predicted molar refractivity (Wildman–Crippen MR) is 79.8 cm³/mol. The normalized spacial score (nSPS) is 15.0. The molecule has 3 nitrogen and oxygen atoms in total. The van der Waals surface area contributed by atoms with Crippen molar-refractivity contribution in [1.82, 2.24) is 4.90 Å². The minimum absolute atomic E-state index is 0.232. The molecule has 19 heavy (non-hydrogen) atoms. The third kappa shape index (κ3) is 5.28. The average molecular weight is 306 g/mol. The molecule has 2 unspecified atom stereocenters. The van der Waals surface area contributed by atoms with Gasteiger partial charge in [-0.05, 0) is 32.9 Å². The molecule has 0 amide bonds. The lowest BCUT2D eigenvalue weighted by atomic mass is 10.1. The van der Waals surface area contributed by atoms with Crippen molar-refractivity contribution >= 4 is 23.2 Å². The Morgan fingerprint density at radius 3 is 2.21 bits per heavy atom. The molecule has 0 aliphatic carbocycles. The van der Waals surface area contributed by atoms with Crippen LogP contribution in [0, 0.1) is 0 Å². The van der Waals surface area contributed by atoms with E-state index >= 15 is 0 Å². The molecule has 1 aromatic rings. The van der Waals surface area contributed by atoms with Crippen LogP contribution in [0.2, 0.25) is 10.0 Å². The van der Waals surface area contributed by atoms with Crippen LogP contribution in [-0.4, -0.2) is 40.3 Å². The van der Waals surface area contributed by atoms with Gasteiger partial charge in [-0.3, -0.25) is 4.90 Å². The SMILES string of the molecule is CC(O)CN(CC(O)c1ccc(Cl)cc1Cl)C(C)C. The second kappa shape index (κ2) is 7.46. The summed E-state index contributed by atoms with van der Waals surface area (Å²) in [6.45, 7) is 6.72. The van der Waals surface area contributed by atoms with Gasteiger partial charge in [0, 0.05) is 34.7 Å². The molecular formula is C14H21Cl2NO2. The van der Waals surface area contributed by atoms with Gasteiger partial charge in [-0.1, -0.05) is 29.3 Å². The Labute approximate surface area is 124 Å². The fourth-order valence-corrected chi connectivity index (χ4v) is 2.46. The Hall–Kier alpha value is -0.320. The van der Waals surface area contributed by atoms with Crippen LogP contribution in [0.4, 0.5) is 0 Å². The van der Waals surface area contributed by atoms with Gasteiger partial charge in [0.05, 0.1) is 12.2 Å². The second-order valence-electron chi connectivity index (χ2n) is 5.08. The second-order valence-corrected chi connectivity index (χ2v) is 5.92. The molecule has 0 heterocycles. The van der Waals surface area contributed by atoms with Crippen LogP contribution in [-0.2, 0) is 0 Å². The molecule has 2 atom stereocenters. The average Bonchev–Trinajstić information content (AvgIpc) is 2.26. The summed E-state index contributed by atoms with van der Waals surface area (Å²) in [5.41, 5.74) is 0.655. The molecule has 108 valence electrons. The van der Waals surface area contributed by atoms with Gasteiger partial charge in [-0.15, -0.1) is 0 Å². The highest BCUT2D eigenvalue weighted by atomic mass is 35.5. The number of nitrogens with zero attached hydrogens (tertiary/aromatic N) is 1. The Balaban J connectivity index is 2.78. The first-order valence-electron chi connectivity index (χ1n) is 6.36. The molecule has 0 saturated carbocycles. The van der Waals surface area contributed by atoms with Crippen molar-refractivity contribution < 1.29 is 10.2 Å². The van der Waals surface area contributed by atoms with Gasteiger partial charge in [0.1, 0.15) is 0 Å². The molecule has 0 aromatic heterocycles. The molecule has 1 rings (SSSR count). The highest BCUT2D eigenvalue weighted by Crippen LogP contribution is 2.27. The van der Waals surface area contributed by atoms with E-state index in [1.165, 1.54) is 0 Å². The van der Waals surface area contributed by atoms with Crippen molar-refractivity contribution in [3.63, 3.8) is 0 Å². The Bertz CT molecular complexity index is 410. The van der Waals surface area contributed by atoms with Gasteiger partial charge in [0.25, 0.3) is 0 Å². The summed E-state index contributed by atoms with van der Waals surface area (Å²) in [6, 6.07) is 5.29. The monoisotopic (exact) mass is 305 g/mol. The number of benzene rings is 1. The smallest absolute Gasteiger partial charge is 0.0931 e. The molecule has 1 aromatic carbocycles. The largest absolute Gasteiger partial charge is 0.392 e. The first kappa shape index (κ1) is 16.7. The van der Waals surface area contributed by atoms with Crippen LogP contribution in [0.15, 0.2) is 18.2 Å². The van der Waals surface area contributed by atoms with Crippen LogP contribution in [0.3, 0.4) is 0 Å². The van der Waals surface area contributed by atoms with Gasteiger partial charge >= 0.3 is 0 Å². The summed E-state index contributed by atoms with van der Waals surface area (Å²) in [5.74, 6) is 0. The third-order valence-electron chi connectivity index (χ3n) is 2.96. The number of hydrogen-bond donors (Lipinski definition) is 2. The molecule has 0 fully saturated rings. The van der Waals surface area contributed by atoms with E-state index in [0.29, 0.717) is 28.7 Å². The minimum atomic E-state index is -0.703. The van der Waals surface area contributed by atoms with Crippen molar-refractivity contribution in [2.24, 2.45) is 0 Å². The zero-order valence-electron chi connectivity index (χ0n) is 11.5. The van der Waals surface area contributed by atoms with E-state index in [9.17, 15) is 10.2 Å². The molecule has 0 aliphatic rings. The topological polar surface area (TPSA) is 43.7 Å². The van der Waals surface area contributed by atoms with E-state index in [1.54, 1.807) is 25.1 Å². The lowest BCUT2D eigenvalue weighted by molar-refractivity contribution is 0.0588. The summed E-state index contributed by atoms with van der Waals surface area (Å²) < 4.78 is 0. The maximum Gasteiger partial charge on any atom is 0.0931 e. The van der Waals surface area contributed by atoms with Crippen LogP contribution < -0.4 is 0 Å². The van der Waals surface area contributed by atoms with Gasteiger partial charge in [0.2, 0.25) is 0 Å². The highest BCUT2D eigenvalue weighted by molar-refractivity contribution is 6.35. The molecular weight excluding hydrogens is 285 g/mol. The van der Waals surface area contributed by atoms with Crippen molar-refractivity contribution in [1.29, 1.82) is 0 Å². The van der Waals surface area contributed by atoms with Crippen LogP contribution >= 0.6 is 23.2 Å². The third-order valence-corrected chi connectivity index (χ3v) is 3.52. The van der Waals surface area contributed by atoms with Crippen LogP contribution in [0.25, 0.3) is 0 Å². The highest BCUT2D eigenvalue weighted by Gasteiger charge is 2.19. The van der Waals surface area contributed by atoms with Gasteiger partial charge in [-0.25, -0.2) is 0 Å². The number of aliphatic hydroxyl groups excluding tert-OH is 2. The first-order valence-corrected chi connectivity index (χ1v) is 7.12. The first-order chi connectivity index (χ1) is 8.81. The quantitative estimate of drug-likeness (QED) is 0.848. The van der Waals surface area contributed by atoms with Crippen LogP contribution in [0.5, 0.6) is 0 Å². The van der Waals surface area contributed by atoms with E-state index in [4.69, 9.17) is 23.2 Å². The zero-order chi connectivity index (χ0) is 14.6. The van der Waals surface area contributed by atoms with Gasteiger partial charge in [-0.2, -0.15) is 0 Å². The summed E-state index contributed by atoms with van der Waals surface area (Å²) in [6.07, 6.45) is -1.14. The Kier molecular flexibility index (Phi) is 6.57. The molecule has 0 aliphatic heterocycles. The minimum Gasteiger partial charge on any atom is -0.392 e. The van der Waals surface area contributed by atoms with E-state index in [1.807, 2.05) is 18.7 Å². The van der Waals surface area contributed by atoms with Crippen molar-refractivity contribution in [3.05, 3.63) is 33.8 Å². The lowest BCUT2D eigenvalue weighted by Crippen LogP contribution is -2.39. The van der Waals surface area contributed by atoms with Gasteiger partial charge < -0.3 is 10.2 Å². The molecule has 0 spiro atoms. The summed E-state index contributed by atoms with van der Waals surface area (Å²) in [7, 11) is 0. The fourth-order valence-electron chi connectivity index (χ4n) is 1.93.